The quantitative estimate of drug-likeness (QED) is 0.481. The second kappa shape index (κ2) is 6.79. The van der Waals surface area contributed by atoms with E-state index in [-0.39, 0.29) is 17.9 Å². The van der Waals surface area contributed by atoms with Gasteiger partial charge in [0.15, 0.2) is 5.78 Å². The molecule has 0 aromatic carbocycles. The molecule has 0 amide bonds. The zero-order valence-corrected chi connectivity index (χ0v) is 13.6. The Morgan fingerprint density at radius 1 is 1.23 bits per heavy atom. The van der Waals surface area contributed by atoms with E-state index in [1.54, 1.807) is 38.4 Å². The first-order chi connectivity index (χ1) is 10.3. The maximum atomic E-state index is 12.1. The molecule has 5 nitrogen and oxygen atoms in total. The summed E-state index contributed by atoms with van der Waals surface area (Å²) in [6, 6.07) is 5.21. The van der Waals surface area contributed by atoms with Crippen LogP contribution in [0.5, 0.6) is 0 Å². The predicted molar refractivity (Wildman–Crippen MR) is 83.9 cm³/mol. The molecule has 0 aliphatic carbocycles. The number of pyridine rings is 1. The molecule has 2 heterocycles. The zero-order valence-electron chi connectivity index (χ0n) is 12.8. The van der Waals surface area contributed by atoms with Gasteiger partial charge in [0.05, 0.1) is 11.2 Å². The van der Waals surface area contributed by atoms with Gasteiger partial charge in [0.1, 0.15) is 17.7 Å². The van der Waals surface area contributed by atoms with Crippen molar-refractivity contribution in [2.75, 3.05) is 0 Å². The second-order valence-electron chi connectivity index (χ2n) is 5.86. The van der Waals surface area contributed by atoms with Gasteiger partial charge in [-0.3, -0.25) is 9.59 Å². The number of hydrogen-bond acceptors (Lipinski definition) is 6. The minimum atomic E-state index is -0.600. The Morgan fingerprint density at radius 2 is 2.00 bits per heavy atom. The summed E-state index contributed by atoms with van der Waals surface area (Å²) in [5.41, 5.74) is 3.10. The molecule has 0 fully saturated rings. The van der Waals surface area contributed by atoms with Crippen molar-refractivity contribution >= 4 is 23.1 Å². The fraction of sp³-hybridized carbons (Fsp3) is 0.375. The highest BCUT2D eigenvalue weighted by atomic mass is 32.1. The third-order valence-corrected chi connectivity index (χ3v) is 3.30. The molecule has 6 heteroatoms. The molecule has 2 rings (SSSR count). The van der Waals surface area contributed by atoms with Gasteiger partial charge in [-0.15, -0.1) is 11.3 Å². The zero-order chi connectivity index (χ0) is 16.2. The highest BCUT2D eigenvalue weighted by Crippen LogP contribution is 2.12. The number of nitrogens with zero attached hydrogens (tertiary/aromatic N) is 2. The molecule has 0 saturated heterocycles. The van der Waals surface area contributed by atoms with Crippen molar-refractivity contribution in [1.82, 2.24) is 9.97 Å². The smallest absolute Gasteiger partial charge is 0.314 e. The van der Waals surface area contributed by atoms with E-state index in [1.807, 2.05) is 11.4 Å². The van der Waals surface area contributed by atoms with Gasteiger partial charge >= 0.3 is 5.97 Å². The molecule has 0 radical (unpaired) electrons. The second-order valence-corrected chi connectivity index (χ2v) is 6.58. The summed E-state index contributed by atoms with van der Waals surface area (Å²) in [6.45, 7) is 5.30. The molecular weight excluding hydrogens is 300 g/mol. The molecule has 0 unspecified atom stereocenters. The van der Waals surface area contributed by atoms with Gasteiger partial charge in [-0.05, 0) is 32.9 Å². The maximum absolute atomic E-state index is 12.1. The number of hydrogen-bond donors (Lipinski definition) is 0. The number of ketones is 1. The first-order valence-corrected chi connectivity index (χ1v) is 7.86. The van der Waals surface area contributed by atoms with E-state index in [9.17, 15) is 9.59 Å². The number of carbonyl (C=O) groups is 2. The van der Waals surface area contributed by atoms with Gasteiger partial charge in [-0.2, -0.15) is 0 Å². The lowest BCUT2D eigenvalue weighted by atomic mass is 10.1. The largest absolute Gasteiger partial charge is 0.460 e. The van der Waals surface area contributed by atoms with Crippen LogP contribution < -0.4 is 0 Å². The van der Waals surface area contributed by atoms with Crippen LogP contribution in [-0.4, -0.2) is 27.3 Å². The highest BCUT2D eigenvalue weighted by molar-refractivity contribution is 7.07. The molecule has 2 aromatic heterocycles. The van der Waals surface area contributed by atoms with Crippen molar-refractivity contribution in [2.24, 2.45) is 0 Å². The van der Waals surface area contributed by atoms with E-state index in [0.29, 0.717) is 6.42 Å². The number of carbonyl (C=O) groups excluding carboxylic acids is 2. The number of rotatable bonds is 5. The van der Waals surface area contributed by atoms with Crippen LogP contribution in [0.3, 0.4) is 0 Å². The first kappa shape index (κ1) is 16.3. The number of aromatic nitrogens is 2. The Bertz CT molecular complexity index is 660. The maximum Gasteiger partial charge on any atom is 0.314 e. The monoisotopic (exact) mass is 318 g/mol. The molecule has 2 aromatic rings. The third kappa shape index (κ3) is 5.04. The van der Waals surface area contributed by atoms with E-state index in [0.717, 1.165) is 11.4 Å². The molecule has 0 bridgehead atoms. The van der Waals surface area contributed by atoms with Gasteiger partial charge in [-0.1, -0.05) is 6.07 Å². The topological polar surface area (TPSA) is 69.2 Å². The van der Waals surface area contributed by atoms with E-state index in [4.69, 9.17) is 4.74 Å². The standard InChI is InChI=1S/C16H18N2O3S/c1-16(2,3)21-15(20)8-14(19)13-6-4-5-11(18-13)7-12-9-22-10-17-12/h4-6,9-10H,7-8H2,1-3H3. The summed E-state index contributed by atoms with van der Waals surface area (Å²) >= 11 is 1.52. The van der Waals surface area contributed by atoms with E-state index in [2.05, 4.69) is 9.97 Å². The molecule has 0 saturated carbocycles. The molecule has 0 aliphatic heterocycles. The van der Waals surface area contributed by atoms with Gasteiger partial charge in [0.25, 0.3) is 0 Å². The van der Waals surface area contributed by atoms with Crippen LogP contribution in [0.4, 0.5) is 0 Å². The fourth-order valence-corrected chi connectivity index (χ4v) is 2.40. The lowest BCUT2D eigenvalue weighted by Gasteiger charge is -2.19. The van der Waals surface area contributed by atoms with Gasteiger partial charge in [-0.25, -0.2) is 9.97 Å². The van der Waals surface area contributed by atoms with Crippen molar-refractivity contribution < 1.29 is 14.3 Å². The normalized spacial score (nSPS) is 11.2. The number of esters is 1. The van der Waals surface area contributed by atoms with Crippen molar-refractivity contribution in [1.29, 1.82) is 0 Å². The average molecular weight is 318 g/mol. The Balaban J connectivity index is 2.02. The number of thiazole rings is 1. The fourth-order valence-electron chi connectivity index (χ4n) is 1.84. The summed E-state index contributed by atoms with van der Waals surface area (Å²) in [5.74, 6) is -0.876. The van der Waals surface area contributed by atoms with E-state index in [1.165, 1.54) is 11.3 Å². The van der Waals surface area contributed by atoms with Crippen molar-refractivity contribution in [3.63, 3.8) is 0 Å². The van der Waals surface area contributed by atoms with Crippen LogP contribution in [0.15, 0.2) is 29.1 Å². The van der Waals surface area contributed by atoms with Gasteiger partial charge in [0, 0.05) is 17.5 Å². The molecule has 0 N–H and O–H groups in total. The lowest BCUT2D eigenvalue weighted by Crippen LogP contribution is -2.25. The summed E-state index contributed by atoms with van der Waals surface area (Å²) in [4.78, 5) is 32.3. The molecule has 0 atom stereocenters. The van der Waals surface area contributed by atoms with E-state index < -0.39 is 11.6 Å². The Morgan fingerprint density at radius 3 is 2.64 bits per heavy atom. The molecule has 116 valence electrons. The number of Topliss-reactive ketones (excluding diaryl/α,β-unsaturated/α-hetero) is 1. The van der Waals surface area contributed by atoms with Crippen LogP contribution in [0.1, 0.15) is 49.1 Å². The van der Waals surface area contributed by atoms with Crippen LogP contribution in [-0.2, 0) is 16.0 Å². The van der Waals surface area contributed by atoms with Crippen molar-refractivity contribution in [3.05, 3.63) is 46.2 Å². The van der Waals surface area contributed by atoms with Crippen molar-refractivity contribution in [2.45, 2.75) is 39.2 Å². The van der Waals surface area contributed by atoms with Gasteiger partial charge < -0.3 is 4.74 Å². The SMILES string of the molecule is CC(C)(C)OC(=O)CC(=O)c1cccc(Cc2cscn2)n1. The first-order valence-electron chi connectivity index (χ1n) is 6.91. The summed E-state index contributed by atoms with van der Waals surface area (Å²) in [7, 11) is 0. The molecule has 22 heavy (non-hydrogen) atoms. The minimum Gasteiger partial charge on any atom is -0.460 e. The number of ether oxygens (including phenoxy) is 1. The minimum absolute atomic E-state index is 0.276. The Hall–Kier alpha value is -2.08. The van der Waals surface area contributed by atoms with Crippen LogP contribution in [0, 0.1) is 0 Å². The van der Waals surface area contributed by atoms with E-state index >= 15 is 0 Å². The summed E-state index contributed by atoms with van der Waals surface area (Å²) < 4.78 is 5.15. The predicted octanol–water partition coefficient (Wildman–Crippen LogP) is 3.04. The molecular formula is C16H18N2O3S. The van der Waals surface area contributed by atoms with Gasteiger partial charge in [0.2, 0.25) is 0 Å². The van der Waals surface area contributed by atoms with Crippen molar-refractivity contribution in [3.8, 4) is 0 Å². The van der Waals surface area contributed by atoms with Crippen LogP contribution in [0.2, 0.25) is 0 Å². The lowest BCUT2D eigenvalue weighted by molar-refractivity contribution is -0.153. The van der Waals surface area contributed by atoms with Crippen LogP contribution >= 0.6 is 11.3 Å². The Kier molecular flexibility index (Phi) is 5.03. The summed E-state index contributed by atoms with van der Waals surface area (Å²) in [5, 5.41) is 1.94. The summed E-state index contributed by atoms with van der Waals surface area (Å²) in [6.07, 6.45) is 0.265. The molecule has 0 aliphatic rings. The molecule has 0 spiro atoms. The third-order valence-electron chi connectivity index (χ3n) is 2.66. The highest BCUT2D eigenvalue weighted by Gasteiger charge is 2.20. The Labute approximate surface area is 133 Å². The van der Waals surface area contributed by atoms with Crippen LogP contribution in [0.25, 0.3) is 0 Å². The average Bonchev–Trinajstić information content (AvgIpc) is 2.89.